The van der Waals surface area contributed by atoms with Crippen LogP contribution in [0.4, 0.5) is 0 Å². The fourth-order valence-electron chi connectivity index (χ4n) is 2.92. The molecule has 22 heavy (non-hydrogen) atoms. The molecule has 2 heterocycles. The standard InChI is InChI=1S/C16H31N3O2.HI/c1-15(2)12-19(16(15,3)4)14(17-5)18-8-10-20-11-13-7-6-9-21-13;/h13H,6-12H2,1-5H3,(H,17,18);1H. The molecule has 0 amide bonds. The first-order valence-corrected chi connectivity index (χ1v) is 8.06. The topological polar surface area (TPSA) is 46.1 Å². The van der Waals surface area contributed by atoms with Crippen molar-refractivity contribution in [1.29, 1.82) is 0 Å². The summed E-state index contributed by atoms with van der Waals surface area (Å²) in [6.07, 6.45) is 2.60. The first-order valence-electron chi connectivity index (χ1n) is 8.06. The van der Waals surface area contributed by atoms with Gasteiger partial charge in [-0.1, -0.05) is 13.8 Å². The minimum Gasteiger partial charge on any atom is -0.377 e. The first kappa shape index (κ1) is 20.0. The molecule has 0 aromatic rings. The molecule has 1 unspecified atom stereocenters. The fourth-order valence-corrected chi connectivity index (χ4v) is 2.92. The van der Waals surface area contributed by atoms with E-state index in [2.05, 4.69) is 42.9 Å². The summed E-state index contributed by atoms with van der Waals surface area (Å²) in [7, 11) is 1.84. The second kappa shape index (κ2) is 8.15. The van der Waals surface area contributed by atoms with Crippen LogP contribution in [0.25, 0.3) is 0 Å². The normalized spacial score (nSPS) is 26.3. The van der Waals surface area contributed by atoms with Crippen molar-refractivity contribution in [3.63, 3.8) is 0 Å². The van der Waals surface area contributed by atoms with E-state index in [0.29, 0.717) is 24.7 Å². The Morgan fingerprint density at radius 2 is 2.09 bits per heavy atom. The number of hydrogen-bond donors (Lipinski definition) is 1. The molecule has 1 N–H and O–H groups in total. The number of nitrogens with zero attached hydrogens (tertiary/aromatic N) is 2. The Bertz CT molecular complexity index is 380. The van der Waals surface area contributed by atoms with Crippen LogP contribution in [0.1, 0.15) is 40.5 Å². The smallest absolute Gasteiger partial charge is 0.194 e. The van der Waals surface area contributed by atoms with Crippen LogP contribution in [0.15, 0.2) is 4.99 Å². The van der Waals surface area contributed by atoms with Crippen molar-refractivity contribution in [2.75, 3.05) is 40.0 Å². The Kier molecular flexibility index (Phi) is 7.39. The van der Waals surface area contributed by atoms with Gasteiger partial charge >= 0.3 is 0 Å². The Labute approximate surface area is 152 Å². The molecular weight excluding hydrogens is 393 g/mol. The van der Waals surface area contributed by atoms with E-state index in [0.717, 1.165) is 32.1 Å². The quantitative estimate of drug-likeness (QED) is 0.318. The molecule has 2 aliphatic heterocycles. The third kappa shape index (κ3) is 4.26. The molecular formula is C16H32IN3O2. The lowest BCUT2D eigenvalue weighted by Gasteiger charge is -2.62. The van der Waals surface area contributed by atoms with Crippen LogP contribution in [0.5, 0.6) is 0 Å². The van der Waals surface area contributed by atoms with Crippen molar-refractivity contribution in [3.8, 4) is 0 Å². The van der Waals surface area contributed by atoms with Crippen molar-refractivity contribution in [2.24, 2.45) is 10.4 Å². The zero-order chi connectivity index (χ0) is 15.5. The highest BCUT2D eigenvalue weighted by Gasteiger charge is 2.53. The lowest BCUT2D eigenvalue weighted by Crippen LogP contribution is -2.72. The van der Waals surface area contributed by atoms with Crippen molar-refractivity contribution in [2.45, 2.75) is 52.2 Å². The monoisotopic (exact) mass is 425 g/mol. The first-order chi connectivity index (χ1) is 9.88. The van der Waals surface area contributed by atoms with Gasteiger partial charge in [0.05, 0.1) is 19.3 Å². The summed E-state index contributed by atoms with van der Waals surface area (Å²) in [6, 6.07) is 0. The van der Waals surface area contributed by atoms with Crippen molar-refractivity contribution in [1.82, 2.24) is 10.2 Å². The van der Waals surface area contributed by atoms with Crippen LogP contribution in [0, 0.1) is 5.41 Å². The molecule has 0 aliphatic carbocycles. The summed E-state index contributed by atoms with van der Waals surface area (Å²) in [5.41, 5.74) is 0.453. The number of likely N-dealkylation sites (tertiary alicyclic amines) is 1. The van der Waals surface area contributed by atoms with Crippen LogP contribution in [-0.4, -0.2) is 62.5 Å². The van der Waals surface area contributed by atoms with E-state index < -0.39 is 0 Å². The number of aliphatic imine (C=N–C) groups is 1. The predicted octanol–water partition coefficient (Wildman–Crippen LogP) is 2.50. The molecule has 130 valence electrons. The van der Waals surface area contributed by atoms with E-state index in [4.69, 9.17) is 9.47 Å². The van der Waals surface area contributed by atoms with Gasteiger partial charge in [0, 0.05) is 37.7 Å². The maximum atomic E-state index is 5.68. The summed E-state index contributed by atoms with van der Waals surface area (Å²) < 4.78 is 11.2. The van der Waals surface area contributed by atoms with Gasteiger partial charge in [0.2, 0.25) is 0 Å². The van der Waals surface area contributed by atoms with Gasteiger partial charge in [0.15, 0.2) is 5.96 Å². The van der Waals surface area contributed by atoms with Gasteiger partial charge in [0.25, 0.3) is 0 Å². The van der Waals surface area contributed by atoms with Gasteiger partial charge < -0.3 is 19.7 Å². The Morgan fingerprint density at radius 1 is 1.36 bits per heavy atom. The largest absolute Gasteiger partial charge is 0.377 e. The molecule has 0 radical (unpaired) electrons. The zero-order valence-electron chi connectivity index (χ0n) is 14.6. The average molecular weight is 425 g/mol. The number of nitrogens with one attached hydrogen (secondary N) is 1. The van der Waals surface area contributed by atoms with Gasteiger partial charge in [-0.2, -0.15) is 0 Å². The molecule has 2 saturated heterocycles. The van der Waals surface area contributed by atoms with Crippen molar-refractivity contribution >= 4 is 29.9 Å². The second-order valence-electron chi connectivity index (χ2n) is 7.21. The molecule has 0 aromatic heterocycles. The summed E-state index contributed by atoms with van der Waals surface area (Å²) in [4.78, 5) is 6.74. The number of rotatable bonds is 5. The van der Waals surface area contributed by atoms with E-state index in [1.165, 1.54) is 6.42 Å². The molecule has 1 atom stereocenters. The molecule has 6 heteroatoms. The Hall–Kier alpha value is -0.0800. The van der Waals surface area contributed by atoms with E-state index in [-0.39, 0.29) is 29.5 Å². The summed E-state index contributed by atoms with van der Waals surface area (Å²) >= 11 is 0. The number of halogens is 1. The van der Waals surface area contributed by atoms with E-state index in [1.54, 1.807) is 0 Å². The fraction of sp³-hybridized carbons (Fsp3) is 0.938. The lowest BCUT2D eigenvalue weighted by atomic mass is 9.65. The Morgan fingerprint density at radius 3 is 2.59 bits per heavy atom. The molecule has 0 saturated carbocycles. The van der Waals surface area contributed by atoms with Crippen molar-refractivity contribution in [3.05, 3.63) is 0 Å². The highest BCUT2D eigenvalue weighted by molar-refractivity contribution is 14.0. The number of guanidine groups is 1. The average Bonchev–Trinajstić information content (AvgIpc) is 2.94. The van der Waals surface area contributed by atoms with Gasteiger partial charge in [-0.15, -0.1) is 24.0 Å². The number of ether oxygens (including phenoxy) is 2. The third-order valence-corrected chi connectivity index (χ3v) is 5.21. The molecule has 0 spiro atoms. The molecule has 2 rings (SSSR count). The summed E-state index contributed by atoms with van der Waals surface area (Å²) in [6.45, 7) is 13.3. The van der Waals surface area contributed by atoms with Crippen LogP contribution < -0.4 is 5.32 Å². The minimum absolute atomic E-state index is 0. The van der Waals surface area contributed by atoms with Crippen LogP contribution in [0.3, 0.4) is 0 Å². The maximum Gasteiger partial charge on any atom is 0.194 e. The van der Waals surface area contributed by atoms with Crippen LogP contribution in [-0.2, 0) is 9.47 Å². The summed E-state index contributed by atoms with van der Waals surface area (Å²) in [5.74, 6) is 0.972. The van der Waals surface area contributed by atoms with Gasteiger partial charge in [-0.3, -0.25) is 4.99 Å². The Balaban J connectivity index is 0.00000242. The molecule has 0 bridgehead atoms. The molecule has 2 fully saturated rings. The molecule has 2 aliphatic rings. The zero-order valence-corrected chi connectivity index (χ0v) is 17.0. The second-order valence-corrected chi connectivity index (χ2v) is 7.21. The van der Waals surface area contributed by atoms with Crippen LogP contribution >= 0.6 is 24.0 Å². The maximum absolute atomic E-state index is 5.68. The van der Waals surface area contributed by atoms with E-state index in [1.807, 2.05) is 7.05 Å². The van der Waals surface area contributed by atoms with Crippen LogP contribution in [0.2, 0.25) is 0 Å². The highest BCUT2D eigenvalue weighted by atomic mass is 127. The number of hydrogen-bond acceptors (Lipinski definition) is 3. The van der Waals surface area contributed by atoms with E-state index >= 15 is 0 Å². The highest BCUT2D eigenvalue weighted by Crippen LogP contribution is 2.46. The minimum atomic E-state index is 0. The molecule has 5 nitrogen and oxygen atoms in total. The van der Waals surface area contributed by atoms with E-state index in [9.17, 15) is 0 Å². The SMILES string of the molecule is CN=C(NCCOCC1CCCO1)N1CC(C)(C)C1(C)C.I. The van der Waals surface area contributed by atoms with Gasteiger partial charge in [-0.05, 0) is 26.7 Å². The van der Waals surface area contributed by atoms with Gasteiger partial charge in [-0.25, -0.2) is 0 Å². The summed E-state index contributed by atoms with van der Waals surface area (Å²) in [5, 5.41) is 3.40. The predicted molar refractivity (Wildman–Crippen MR) is 101 cm³/mol. The van der Waals surface area contributed by atoms with Crippen molar-refractivity contribution < 1.29 is 9.47 Å². The van der Waals surface area contributed by atoms with Gasteiger partial charge in [0.1, 0.15) is 0 Å². The third-order valence-electron chi connectivity index (χ3n) is 5.21. The lowest BCUT2D eigenvalue weighted by molar-refractivity contribution is -0.0669. The molecule has 0 aromatic carbocycles.